The number of hydrogen-bond donors (Lipinski definition) is 3. The zero-order valence-electron chi connectivity index (χ0n) is 13.3. The average Bonchev–Trinajstić information content (AvgIpc) is 3.10. The largest absolute Gasteiger partial charge is 0.508 e. The normalized spacial score (nSPS) is 11.4. The first-order valence-electron chi connectivity index (χ1n) is 7.48. The number of benzene rings is 2. The van der Waals surface area contributed by atoms with E-state index in [2.05, 4.69) is 20.7 Å². The molecular weight excluding hydrogens is 323 g/mol. The van der Waals surface area contributed by atoms with Gasteiger partial charge in [-0.3, -0.25) is 9.89 Å². The van der Waals surface area contributed by atoms with Crippen LogP contribution in [0.1, 0.15) is 23.0 Å². The fourth-order valence-corrected chi connectivity index (χ4v) is 2.20. The summed E-state index contributed by atoms with van der Waals surface area (Å²) < 4.78 is 13.0. The number of H-pyrrole nitrogens is 1. The third kappa shape index (κ3) is 3.89. The SMILES string of the molecule is C/C(=N/NC(=O)c1cc(-c2ccc(F)cc2)n[nH]1)c1cccc(O)c1. The van der Waals surface area contributed by atoms with Crippen LogP contribution < -0.4 is 5.43 Å². The molecule has 0 radical (unpaired) electrons. The first-order valence-corrected chi connectivity index (χ1v) is 7.48. The number of aromatic nitrogens is 2. The van der Waals surface area contributed by atoms with Gasteiger partial charge in [-0.05, 0) is 49.4 Å². The topological polar surface area (TPSA) is 90.4 Å². The average molecular weight is 338 g/mol. The Bertz CT molecular complexity index is 932. The molecule has 0 unspecified atom stereocenters. The van der Waals surface area contributed by atoms with Gasteiger partial charge in [0.25, 0.3) is 5.91 Å². The summed E-state index contributed by atoms with van der Waals surface area (Å²) in [5.74, 6) is -0.676. The van der Waals surface area contributed by atoms with Gasteiger partial charge in [0, 0.05) is 11.1 Å². The van der Waals surface area contributed by atoms with Gasteiger partial charge < -0.3 is 5.11 Å². The van der Waals surface area contributed by atoms with Gasteiger partial charge in [-0.1, -0.05) is 12.1 Å². The Labute approximate surface area is 143 Å². The van der Waals surface area contributed by atoms with Crippen molar-refractivity contribution in [2.45, 2.75) is 6.92 Å². The lowest BCUT2D eigenvalue weighted by Gasteiger charge is -2.02. The van der Waals surface area contributed by atoms with Gasteiger partial charge >= 0.3 is 0 Å². The molecule has 1 heterocycles. The van der Waals surface area contributed by atoms with Crippen molar-refractivity contribution in [2.75, 3.05) is 0 Å². The monoisotopic (exact) mass is 338 g/mol. The Morgan fingerprint density at radius 1 is 1.20 bits per heavy atom. The minimum absolute atomic E-state index is 0.121. The smallest absolute Gasteiger partial charge is 0.289 e. The Morgan fingerprint density at radius 3 is 2.68 bits per heavy atom. The summed E-state index contributed by atoms with van der Waals surface area (Å²) >= 11 is 0. The van der Waals surface area contributed by atoms with E-state index in [4.69, 9.17) is 0 Å². The number of carbonyl (C=O) groups excluding carboxylic acids is 1. The number of nitrogens with zero attached hydrogens (tertiary/aromatic N) is 2. The van der Waals surface area contributed by atoms with Crippen molar-refractivity contribution >= 4 is 11.6 Å². The van der Waals surface area contributed by atoms with Gasteiger partial charge in [0.15, 0.2) is 0 Å². The molecule has 0 aliphatic carbocycles. The molecule has 2 aromatic carbocycles. The summed E-state index contributed by atoms with van der Waals surface area (Å²) in [6.45, 7) is 1.71. The third-order valence-corrected chi connectivity index (χ3v) is 3.55. The molecule has 1 aromatic heterocycles. The van der Waals surface area contributed by atoms with E-state index in [-0.39, 0.29) is 17.3 Å². The van der Waals surface area contributed by atoms with Crippen LogP contribution in [0.25, 0.3) is 11.3 Å². The maximum Gasteiger partial charge on any atom is 0.289 e. The summed E-state index contributed by atoms with van der Waals surface area (Å²) in [7, 11) is 0. The minimum atomic E-state index is -0.458. The summed E-state index contributed by atoms with van der Waals surface area (Å²) in [6, 6.07) is 13.9. The first kappa shape index (κ1) is 16.4. The number of hydrogen-bond acceptors (Lipinski definition) is 4. The maximum absolute atomic E-state index is 13.0. The van der Waals surface area contributed by atoms with Crippen molar-refractivity contribution in [1.82, 2.24) is 15.6 Å². The van der Waals surface area contributed by atoms with Crippen molar-refractivity contribution in [3.8, 4) is 17.0 Å². The van der Waals surface area contributed by atoms with Gasteiger partial charge in [0.05, 0.1) is 11.4 Å². The molecule has 0 atom stereocenters. The second kappa shape index (κ2) is 6.96. The molecule has 3 N–H and O–H groups in total. The van der Waals surface area contributed by atoms with Crippen molar-refractivity contribution in [3.05, 3.63) is 71.7 Å². The molecule has 126 valence electrons. The predicted octanol–water partition coefficient (Wildman–Crippen LogP) is 3.08. The van der Waals surface area contributed by atoms with Crippen LogP contribution in [0.4, 0.5) is 4.39 Å². The number of aromatic amines is 1. The van der Waals surface area contributed by atoms with E-state index in [1.807, 2.05) is 0 Å². The van der Waals surface area contributed by atoms with Crippen LogP contribution >= 0.6 is 0 Å². The van der Waals surface area contributed by atoms with Crippen molar-refractivity contribution in [3.63, 3.8) is 0 Å². The van der Waals surface area contributed by atoms with Gasteiger partial charge in [0.2, 0.25) is 0 Å². The third-order valence-electron chi connectivity index (χ3n) is 3.55. The van der Waals surface area contributed by atoms with E-state index in [9.17, 15) is 14.3 Å². The number of nitrogens with one attached hydrogen (secondary N) is 2. The first-order chi connectivity index (χ1) is 12.0. The second-order valence-corrected chi connectivity index (χ2v) is 5.36. The number of aromatic hydroxyl groups is 1. The highest BCUT2D eigenvalue weighted by atomic mass is 19.1. The van der Waals surface area contributed by atoms with Crippen molar-refractivity contribution < 1.29 is 14.3 Å². The standard InChI is InChI=1S/C18H15FN4O2/c1-11(13-3-2-4-15(24)9-13)20-23-18(25)17-10-16(21-22-17)12-5-7-14(19)8-6-12/h2-10,24H,1H3,(H,21,22)(H,23,25)/b20-11-. The number of rotatable bonds is 4. The van der Waals surface area contributed by atoms with Crippen LogP contribution in [0.5, 0.6) is 5.75 Å². The highest BCUT2D eigenvalue weighted by molar-refractivity contribution is 6.00. The molecule has 0 saturated carbocycles. The van der Waals surface area contributed by atoms with E-state index in [1.54, 1.807) is 49.4 Å². The van der Waals surface area contributed by atoms with E-state index < -0.39 is 5.91 Å². The van der Waals surface area contributed by atoms with Crippen molar-refractivity contribution in [1.29, 1.82) is 0 Å². The number of amides is 1. The summed E-state index contributed by atoms with van der Waals surface area (Å²) in [5, 5.41) is 20.2. The van der Waals surface area contributed by atoms with Crippen LogP contribution in [0, 0.1) is 5.82 Å². The molecular formula is C18H15FN4O2. The van der Waals surface area contributed by atoms with Crippen LogP contribution in [0.3, 0.4) is 0 Å². The molecule has 0 saturated heterocycles. The molecule has 3 rings (SSSR count). The summed E-state index contributed by atoms with van der Waals surface area (Å²) in [6.07, 6.45) is 0. The molecule has 0 spiro atoms. The molecule has 3 aromatic rings. The van der Waals surface area contributed by atoms with E-state index in [1.165, 1.54) is 12.1 Å². The number of phenols is 1. The van der Waals surface area contributed by atoms with Gasteiger partial charge in [-0.2, -0.15) is 10.2 Å². The fourth-order valence-electron chi connectivity index (χ4n) is 2.20. The molecule has 0 fully saturated rings. The lowest BCUT2D eigenvalue weighted by atomic mass is 10.1. The fraction of sp³-hybridized carbons (Fsp3) is 0.0556. The molecule has 7 heteroatoms. The zero-order chi connectivity index (χ0) is 17.8. The lowest BCUT2D eigenvalue weighted by Crippen LogP contribution is -2.19. The molecule has 0 bridgehead atoms. The molecule has 0 aliphatic rings. The zero-order valence-corrected chi connectivity index (χ0v) is 13.3. The highest BCUT2D eigenvalue weighted by Gasteiger charge is 2.11. The number of phenolic OH excluding ortho intramolecular Hbond substituents is 1. The molecule has 1 amide bonds. The molecule has 25 heavy (non-hydrogen) atoms. The lowest BCUT2D eigenvalue weighted by molar-refractivity contribution is 0.0950. The van der Waals surface area contributed by atoms with E-state index >= 15 is 0 Å². The van der Waals surface area contributed by atoms with Crippen LogP contribution in [0.15, 0.2) is 59.7 Å². The van der Waals surface area contributed by atoms with E-state index in [0.717, 1.165) is 0 Å². The summed E-state index contributed by atoms with van der Waals surface area (Å²) in [4.78, 5) is 12.1. The number of carbonyl (C=O) groups is 1. The van der Waals surface area contributed by atoms with E-state index in [0.29, 0.717) is 22.5 Å². The van der Waals surface area contributed by atoms with Gasteiger partial charge in [-0.25, -0.2) is 9.82 Å². The Balaban J connectivity index is 1.71. The summed E-state index contributed by atoms with van der Waals surface area (Å²) in [5.41, 5.74) is 5.11. The quantitative estimate of drug-likeness (QED) is 0.504. The van der Waals surface area contributed by atoms with Crippen LogP contribution in [-0.4, -0.2) is 26.9 Å². The second-order valence-electron chi connectivity index (χ2n) is 5.36. The Kier molecular flexibility index (Phi) is 4.56. The van der Waals surface area contributed by atoms with Crippen LogP contribution in [0.2, 0.25) is 0 Å². The minimum Gasteiger partial charge on any atom is -0.508 e. The number of halogens is 1. The maximum atomic E-state index is 13.0. The molecule has 0 aliphatic heterocycles. The predicted molar refractivity (Wildman–Crippen MR) is 91.8 cm³/mol. The van der Waals surface area contributed by atoms with Crippen molar-refractivity contribution in [2.24, 2.45) is 5.10 Å². The van der Waals surface area contributed by atoms with Crippen LogP contribution in [-0.2, 0) is 0 Å². The Hall–Kier alpha value is -3.48. The Morgan fingerprint density at radius 2 is 1.96 bits per heavy atom. The number of hydrazone groups is 1. The highest BCUT2D eigenvalue weighted by Crippen LogP contribution is 2.18. The van der Waals surface area contributed by atoms with Gasteiger partial charge in [0.1, 0.15) is 17.3 Å². The molecule has 6 nitrogen and oxygen atoms in total. The van der Waals surface area contributed by atoms with Gasteiger partial charge in [-0.15, -0.1) is 0 Å².